The van der Waals surface area contributed by atoms with Gasteiger partial charge in [-0.3, -0.25) is 0 Å². The van der Waals surface area contributed by atoms with Crippen molar-refractivity contribution in [2.24, 2.45) is 0 Å². The van der Waals surface area contributed by atoms with Crippen molar-refractivity contribution in [3.05, 3.63) is 26.6 Å². The van der Waals surface area contributed by atoms with E-state index in [2.05, 4.69) is 44.8 Å². The van der Waals surface area contributed by atoms with Crippen molar-refractivity contribution in [2.45, 2.75) is 26.7 Å². The van der Waals surface area contributed by atoms with Gasteiger partial charge in [0.15, 0.2) is 0 Å². The highest BCUT2D eigenvalue weighted by Crippen LogP contribution is 2.33. The molecule has 0 atom stereocenters. The lowest BCUT2D eigenvalue weighted by Crippen LogP contribution is -1.97. The summed E-state index contributed by atoms with van der Waals surface area (Å²) in [6, 6.07) is 4.14. The van der Waals surface area contributed by atoms with Gasteiger partial charge in [0, 0.05) is 4.47 Å². The molecule has 0 amide bonds. The standard InChI is InChI=1S/C11H14Br2O/c1-3-5-8-6-9(12)7-10(13)11(8)14-4-2/h6-7H,3-5H2,1-2H3. The Hall–Kier alpha value is -0.0200. The number of ether oxygens (including phenoxy) is 1. The molecule has 14 heavy (non-hydrogen) atoms. The van der Waals surface area contributed by atoms with Crippen LogP contribution in [0.15, 0.2) is 21.1 Å². The average Bonchev–Trinajstić information content (AvgIpc) is 2.11. The second-order valence-corrected chi connectivity index (χ2v) is 4.83. The lowest BCUT2D eigenvalue weighted by molar-refractivity contribution is 0.334. The summed E-state index contributed by atoms with van der Waals surface area (Å²) >= 11 is 7.00. The zero-order chi connectivity index (χ0) is 10.6. The zero-order valence-electron chi connectivity index (χ0n) is 8.44. The third-order valence-corrected chi connectivity index (χ3v) is 2.94. The van der Waals surface area contributed by atoms with Crippen LogP contribution in [0.3, 0.4) is 0 Å². The molecule has 0 N–H and O–H groups in total. The van der Waals surface area contributed by atoms with Crippen LogP contribution >= 0.6 is 31.9 Å². The van der Waals surface area contributed by atoms with Crippen LogP contribution in [0.4, 0.5) is 0 Å². The first-order chi connectivity index (χ1) is 6.69. The second-order valence-electron chi connectivity index (χ2n) is 3.06. The van der Waals surface area contributed by atoms with Crippen LogP contribution in [-0.2, 0) is 6.42 Å². The molecule has 0 spiro atoms. The van der Waals surface area contributed by atoms with Crippen molar-refractivity contribution in [1.82, 2.24) is 0 Å². The van der Waals surface area contributed by atoms with Crippen molar-refractivity contribution >= 4 is 31.9 Å². The summed E-state index contributed by atoms with van der Waals surface area (Å²) in [7, 11) is 0. The van der Waals surface area contributed by atoms with E-state index in [4.69, 9.17) is 4.74 Å². The number of aryl methyl sites for hydroxylation is 1. The Kier molecular flexibility index (Phi) is 4.96. The highest BCUT2D eigenvalue weighted by molar-refractivity contribution is 9.11. The molecule has 1 nitrogen and oxygen atoms in total. The maximum Gasteiger partial charge on any atom is 0.136 e. The summed E-state index contributed by atoms with van der Waals surface area (Å²) < 4.78 is 7.73. The van der Waals surface area contributed by atoms with Gasteiger partial charge in [-0.2, -0.15) is 0 Å². The van der Waals surface area contributed by atoms with E-state index in [1.165, 1.54) is 5.56 Å². The first-order valence-corrected chi connectivity index (χ1v) is 6.38. The van der Waals surface area contributed by atoms with Gasteiger partial charge in [0.05, 0.1) is 11.1 Å². The fourth-order valence-electron chi connectivity index (χ4n) is 1.37. The number of hydrogen-bond acceptors (Lipinski definition) is 1. The van der Waals surface area contributed by atoms with E-state index >= 15 is 0 Å². The summed E-state index contributed by atoms with van der Waals surface area (Å²) in [6.07, 6.45) is 2.18. The van der Waals surface area contributed by atoms with E-state index in [-0.39, 0.29) is 0 Å². The lowest BCUT2D eigenvalue weighted by atomic mass is 10.1. The van der Waals surface area contributed by atoms with E-state index in [9.17, 15) is 0 Å². The monoisotopic (exact) mass is 320 g/mol. The molecule has 0 aromatic heterocycles. The van der Waals surface area contributed by atoms with Crippen molar-refractivity contribution < 1.29 is 4.74 Å². The Morgan fingerprint density at radius 1 is 1.21 bits per heavy atom. The summed E-state index contributed by atoms with van der Waals surface area (Å²) in [6.45, 7) is 4.88. The molecule has 0 saturated heterocycles. The molecular weight excluding hydrogens is 308 g/mol. The third kappa shape index (κ3) is 2.99. The van der Waals surface area contributed by atoms with Gasteiger partial charge in [-0.1, -0.05) is 29.3 Å². The fraction of sp³-hybridized carbons (Fsp3) is 0.455. The molecule has 78 valence electrons. The topological polar surface area (TPSA) is 9.23 Å². The smallest absolute Gasteiger partial charge is 0.136 e. The van der Waals surface area contributed by atoms with E-state index in [1.54, 1.807) is 0 Å². The molecular formula is C11H14Br2O. The van der Waals surface area contributed by atoms with Gasteiger partial charge in [0.25, 0.3) is 0 Å². The first-order valence-electron chi connectivity index (χ1n) is 4.79. The quantitative estimate of drug-likeness (QED) is 0.789. The summed E-state index contributed by atoms with van der Waals surface area (Å²) in [4.78, 5) is 0. The molecule has 0 radical (unpaired) electrons. The summed E-state index contributed by atoms with van der Waals surface area (Å²) in [5.41, 5.74) is 1.26. The summed E-state index contributed by atoms with van der Waals surface area (Å²) in [5.74, 6) is 0.984. The van der Waals surface area contributed by atoms with Gasteiger partial charge in [0.1, 0.15) is 5.75 Å². The molecule has 1 aromatic rings. The molecule has 1 rings (SSSR count). The fourth-order valence-corrected chi connectivity index (χ4v) is 2.80. The van der Waals surface area contributed by atoms with Crippen LogP contribution in [0.1, 0.15) is 25.8 Å². The van der Waals surface area contributed by atoms with E-state index in [1.807, 2.05) is 13.0 Å². The van der Waals surface area contributed by atoms with Gasteiger partial charge in [-0.25, -0.2) is 0 Å². The van der Waals surface area contributed by atoms with Gasteiger partial charge in [0.2, 0.25) is 0 Å². The van der Waals surface area contributed by atoms with Crippen LogP contribution in [0.2, 0.25) is 0 Å². The van der Waals surface area contributed by atoms with Crippen molar-refractivity contribution in [2.75, 3.05) is 6.61 Å². The predicted molar refractivity (Wildman–Crippen MR) is 67.0 cm³/mol. The molecule has 0 heterocycles. The number of benzene rings is 1. The largest absolute Gasteiger partial charge is 0.492 e. The van der Waals surface area contributed by atoms with Crippen LogP contribution in [0, 0.1) is 0 Å². The molecule has 1 aromatic carbocycles. The van der Waals surface area contributed by atoms with Crippen LogP contribution in [-0.4, -0.2) is 6.61 Å². The van der Waals surface area contributed by atoms with Crippen molar-refractivity contribution in [3.63, 3.8) is 0 Å². The van der Waals surface area contributed by atoms with Crippen LogP contribution in [0.25, 0.3) is 0 Å². The second kappa shape index (κ2) is 5.76. The van der Waals surface area contributed by atoms with E-state index in [0.29, 0.717) is 6.61 Å². The highest BCUT2D eigenvalue weighted by atomic mass is 79.9. The Morgan fingerprint density at radius 3 is 2.50 bits per heavy atom. The average molecular weight is 322 g/mol. The van der Waals surface area contributed by atoms with Crippen molar-refractivity contribution in [3.8, 4) is 5.75 Å². The van der Waals surface area contributed by atoms with E-state index < -0.39 is 0 Å². The van der Waals surface area contributed by atoms with Gasteiger partial charge in [-0.05, 0) is 47.0 Å². The van der Waals surface area contributed by atoms with Crippen LogP contribution < -0.4 is 4.74 Å². The highest BCUT2D eigenvalue weighted by Gasteiger charge is 2.08. The Balaban J connectivity index is 3.07. The minimum Gasteiger partial charge on any atom is -0.492 e. The molecule has 0 aliphatic heterocycles. The molecule has 0 fully saturated rings. The Labute approximate surface area is 102 Å². The van der Waals surface area contributed by atoms with E-state index in [0.717, 1.165) is 27.5 Å². The third-order valence-electron chi connectivity index (χ3n) is 1.89. The van der Waals surface area contributed by atoms with Gasteiger partial charge < -0.3 is 4.74 Å². The number of rotatable bonds is 4. The Bertz CT molecular complexity index is 310. The molecule has 0 aliphatic carbocycles. The maximum absolute atomic E-state index is 5.61. The number of hydrogen-bond donors (Lipinski definition) is 0. The molecule has 0 aliphatic rings. The molecule has 0 bridgehead atoms. The normalized spacial score (nSPS) is 10.3. The van der Waals surface area contributed by atoms with Gasteiger partial charge >= 0.3 is 0 Å². The molecule has 0 saturated carbocycles. The Morgan fingerprint density at radius 2 is 1.93 bits per heavy atom. The summed E-state index contributed by atoms with van der Waals surface area (Å²) in [5, 5.41) is 0. The zero-order valence-corrected chi connectivity index (χ0v) is 11.6. The first kappa shape index (κ1) is 12.1. The number of halogens is 2. The SMILES string of the molecule is CCCc1cc(Br)cc(Br)c1OCC. The maximum atomic E-state index is 5.61. The van der Waals surface area contributed by atoms with Crippen LogP contribution in [0.5, 0.6) is 5.75 Å². The van der Waals surface area contributed by atoms with Gasteiger partial charge in [-0.15, -0.1) is 0 Å². The van der Waals surface area contributed by atoms with Crippen molar-refractivity contribution in [1.29, 1.82) is 0 Å². The minimum absolute atomic E-state index is 0.705. The lowest BCUT2D eigenvalue weighted by Gasteiger charge is -2.12. The molecule has 0 unspecified atom stereocenters. The minimum atomic E-state index is 0.705. The predicted octanol–water partition coefficient (Wildman–Crippen LogP) is 4.56. The molecule has 3 heteroatoms.